The molecule has 1 rings (SSSR count). The lowest BCUT2D eigenvalue weighted by Crippen LogP contribution is -2.57. The molecule has 0 radical (unpaired) electrons. The maximum atomic E-state index is 14.8. The smallest absolute Gasteiger partial charge is 0.338 e. The van der Waals surface area contributed by atoms with E-state index in [1.807, 2.05) is 13.8 Å². The van der Waals surface area contributed by atoms with E-state index in [2.05, 4.69) is 6.92 Å². The SMILES string of the molecule is CCCCOCC1OC(=O)[C@H](OCCCC)C(OCCCC)[C@@H]1F. The van der Waals surface area contributed by atoms with Gasteiger partial charge in [0.05, 0.1) is 6.61 Å². The number of hydrogen-bond acceptors (Lipinski definition) is 5. The molecule has 0 aromatic heterocycles. The highest BCUT2D eigenvalue weighted by atomic mass is 19.1. The number of cyclic esters (lactones) is 1. The summed E-state index contributed by atoms with van der Waals surface area (Å²) < 4.78 is 36.7. The van der Waals surface area contributed by atoms with Gasteiger partial charge in [0.2, 0.25) is 0 Å². The second kappa shape index (κ2) is 12.6. The van der Waals surface area contributed by atoms with E-state index in [9.17, 15) is 9.18 Å². The second-order valence-corrected chi connectivity index (χ2v) is 6.18. The van der Waals surface area contributed by atoms with Crippen molar-refractivity contribution in [2.45, 2.75) is 83.8 Å². The van der Waals surface area contributed by atoms with Gasteiger partial charge in [-0.05, 0) is 19.3 Å². The zero-order valence-corrected chi connectivity index (χ0v) is 15.3. The minimum absolute atomic E-state index is 0.0578. The number of halogens is 1. The maximum Gasteiger partial charge on any atom is 0.338 e. The van der Waals surface area contributed by atoms with E-state index in [4.69, 9.17) is 18.9 Å². The molecule has 1 saturated heterocycles. The van der Waals surface area contributed by atoms with Crippen LogP contribution in [0.5, 0.6) is 0 Å². The average Bonchev–Trinajstić information content (AvgIpc) is 2.57. The van der Waals surface area contributed by atoms with Gasteiger partial charge in [-0.15, -0.1) is 0 Å². The van der Waals surface area contributed by atoms with Crippen molar-refractivity contribution in [1.29, 1.82) is 0 Å². The van der Waals surface area contributed by atoms with Crippen LogP contribution in [-0.2, 0) is 23.7 Å². The van der Waals surface area contributed by atoms with Crippen molar-refractivity contribution < 1.29 is 28.1 Å². The van der Waals surface area contributed by atoms with Gasteiger partial charge in [0.1, 0.15) is 6.10 Å². The first kappa shape index (κ1) is 21.3. The summed E-state index contributed by atoms with van der Waals surface area (Å²) in [6.07, 6.45) is 1.14. The molecule has 0 bridgehead atoms. The Labute approximate surface area is 145 Å². The molecule has 0 spiro atoms. The average molecular weight is 348 g/mol. The summed E-state index contributed by atoms with van der Waals surface area (Å²) in [6.45, 7) is 7.51. The molecule has 142 valence electrons. The van der Waals surface area contributed by atoms with Crippen LogP contribution in [0.15, 0.2) is 0 Å². The highest BCUT2D eigenvalue weighted by Crippen LogP contribution is 2.25. The lowest BCUT2D eigenvalue weighted by atomic mass is 10.0. The summed E-state index contributed by atoms with van der Waals surface area (Å²) in [7, 11) is 0. The predicted molar refractivity (Wildman–Crippen MR) is 89.8 cm³/mol. The monoisotopic (exact) mass is 348 g/mol. The van der Waals surface area contributed by atoms with E-state index >= 15 is 0 Å². The Morgan fingerprint density at radius 3 is 2.17 bits per heavy atom. The van der Waals surface area contributed by atoms with Crippen LogP contribution >= 0.6 is 0 Å². The Balaban J connectivity index is 2.63. The van der Waals surface area contributed by atoms with E-state index in [1.165, 1.54) is 0 Å². The zero-order valence-electron chi connectivity index (χ0n) is 15.3. The van der Waals surface area contributed by atoms with Gasteiger partial charge in [0.15, 0.2) is 18.4 Å². The van der Waals surface area contributed by atoms with Crippen LogP contribution in [0.25, 0.3) is 0 Å². The van der Waals surface area contributed by atoms with Crippen molar-refractivity contribution in [3.8, 4) is 0 Å². The molecule has 0 aromatic rings. The fourth-order valence-corrected chi connectivity index (χ4v) is 2.43. The van der Waals surface area contributed by atoms with E-state index in [0.29, 0.717) is 19.8 Å². The Morgan fingerprint density at radius 2 is 1.54 bits per heavy atom. The summed E-state index contributed by atoms with van der Waals surface area (Å²) in [5, 5.41) is 0. The Bertz CT molecular complexity index is 339. The molecule has 2 unspecified atom stereocenters. The summed E-state index contributed by atoms with van der Waals surface area (Å²) in [4.78, 5) is 12.2. The van der Waals surface area contributed by atoms with Crippen LogP contribution in [0.4, 0.5) is 4.39 Å². The molecule has 0 N–H and O–H groups in total. The normalized spacial score (nSPS) is 27.2. The molecule has 0 saturated carbocycles. The molecule has 1 aliphatic rings. The third-order valence-electron chi connectivity index (χ3n) is 4.00. The number of rotatable bonds is 13. The molecule has 6 heteroatoms. The highest BCUT2D eigenvalue weighted by molar-refractivity contribution is 5.77. The minimum atomic E-state index is -1.44. The lowest BCUT2D eigenvalue weighted by Gasteiger charge is -2.37. The van der Waals surface area contributed by atoms with Gasteiger partial charge in [-0.1, -0.05) is 40.0 Å². The van der Waals surface area contributed by atoms with Crippen molar-refractivity contribution in [2.24, 2.45) is 0 Å². The van der Waals surface area contributed by atoms with Gasteiger partial charge < -0.3 is 18.9 Å². The summed E-state index contributed by atoms with van der Waals surface area (Å²) in [6, 6.07) is 0. The summed E-state index contributed by atoms with van der Waals surface area (Å²) >= 11 is 0. The van der Waals surface area contributed by atoms with Crippen LogP contribution in [0.3, 0.4) is 0 Å². The third kappa shape index (κ3) is 7.03. The number of carbonyl (C=O) groups is 1. The van der Waals surface area contributed by atoms with E-state index in [0.717, 1.165) is 38.5 Å². The number of unbranched alkanes of at least 4 members (excludes halogenated alkanes) is 3. The number of ether oxygens (including phenoxy) is 4. The van der Waals surface area contributed by atoms with Crippen molar-refractivity contribution in [3.63, 3.8) is 0 Å². The fourth-order valence-electron chi connectivity index (χ4n) is 2.43. The molecule has 1 fully saturated rings. The summed E-state index contributed by atoms with van der Waals surface area (Å²) in [5.74, 6) is -0.550. The number of hydrogen-bond donors (Lipinski definition) is 0. The first-order valence-corrected chi connectivity index (χ1v) is 9.31. The molecule has 0 aliphatic carbocycles. The molecule has 1 heterocycles. The Hall–Kier alpha value is -0.720. The van der Waals surface area contributed by atoms with Gasteiger partial charge in [-0.2, -0.15) is 0 Å². The van der Waals surface area contributed by atoms with Gasteiger partial charge >= 0.3 is 5.97 Å². The standard InChI is InChI=1S/C18H33FO5/c1-4-7-10-21-13-14-15(19)16(22-11-8-5-2)17(18(20)24-14)23-12-9-6-3/h14-17H,4-13H2,1-3H3/t14?,15-,16?,17-/m1/s1. The van der Waals surface area contributed by atoms with Crippen molar-refractivity contribution in [1.82, 2.24) is 0 Å². The fraction of sp³-hybridized carbons (Fsp3) is 0.944. The first-order chi connectivity index (χ1) is 11.7. The van der Waals surface area contributed by atoms with E-state index < -0.39 is 30.5 Å². The molecule has 1 aliphatic heterocycles. The number of esters is 1. The van der Waals surface area contributed by atoms with Gasteiger partial charge in [-0.3, -0.25) is 0 Å². The van der Waals surface area contributed by atoms with Crippen molar-refractivity contribution in [3.05, 3.63) is 0 Å². The molecule has 24 heavy (non-hydrogen) atoms. The quantitative estimate of drug-likeness (QED) is 0.377. The van der Waals surface area contributed by atoms with Crippen LogP contribution in [0, 0.1) is 0 Å². The number of alkyl halides is 1. The maximum absolute atomic E-state index is 14.8. The van der Waals surface area contributed by atoms with Gasteiger partial charge in [0, 0.05) is 19.8 Å². The molecular weight excluding hydrogens is 315 g/mol. The van der Waals surface area contributed by atoms with Gasteiger partial charge in [0.25, 0.3) is 0 Å². The molecule has 4 atom stereocenters. The molecule has 0 aromatic carbocycles. The molecule has 5 nitrogen and oxygen atoms in total. The van der Waals surface area contributed by atoms with Crippen molar-refractivity contribution >= 4 is 5.97 Å². The van der Waals surface area contributed by atoms with Gasteiger partial charge in [-0.25, -0.2) is 9.18 Å². The Kier molecular flexibility index (Phi) is 11.2. The van der Waals surface area contributed by atoms with Crippen LogP contribution in [0.2, 0.25) is 0 Å². The highest BCUT2D eigenvalue weighted by Gasteiger charge is 2.48. The minimum Gasteiger partial charge on any atom is -0.455 e. The van der Waals surface area contributed by atoms with Crippen LogP contribution in [0.1, 0.15) is 59.3 Å². The molecular formula is C18H33FO5. The number of carbonyl (C=O) groups excluding carboxylic acids is 1. The summed E-state index contributed by atoms with van der Waals surface area (Å²) in [5.41, 5.74) is 0. The third-order valence-corrected chi connectivity index (χ3v) is 4.00. The predicted octanol–water partition coefficient (Wildman–Crippen LogP) is 3.44. The first-order valence-electron chi connectivity index (χ1n) is 9.31. The second-order valence-electron chi connectivity index (χ2n) is 6.18. The largest absolute Gasteiger partial charge is 0.455 e. The van der Waals surface area contributed by atoms with E-state index in [-0.39, 0.29) is 6.61 Å². The zero-order chi connectivity index (χ0) is 17.8. The van der Waals surface area contributed by atoms with E-state index in [1.54, 1.807) is 0 Å². The van der Waals surface area contributed by atoms with Crippen molar-refractivity contribution in [2.75, 3.05) is 26.4 Å². The topological polar surface area (TPSA) is 54.0 Å². The van der Waals surface area contributed by atoms with Crippen LogP contribution < -0.4 is 0 Å². The Morgan fingerprint density at radius 1 is 0.958 bits per heavy atom. The lowest BCUT2D eigenvalue weighted by molar-refractivity contribution is -0.213. The van der Waals surface area contributed by atoms with Crippen LogP contribution in [-0.4, -0.2) is 56.9 Å². The molecule has 0 amide bonds.